The summed E-state index contributed by atoms with van der Waals surface area (Å²) in [5.74, 6) is 0.113. The van der Waals surface area contributed by atoms with Gasteiger partial charge in [-0.2, -0.15) is 0 Å². The topological polar surface area (TPSA) is 49.6 Å². The number of carbonyl (C=O) groups excluding carboxylic acids is 1. The molecule has 4 nitrogen and oxygen atoms in total. The molecular weight excluding hydrogens is 286 g/mol. The van der Waals surface area contributed by atoms with Crippen LogP contribution in [-0.2, 0) is 11.3 Å². The summed E-state index contributed by atoms with van der Waals surface area (Å²) < 4.78 is 0. The lowest BCUT2D eigenvalue weighted by Gasteiger charge is -2.27. The fraction of sp³-hybridized carbons (Fsp3) is 0.316. The summed E-state index contributed by atoms with van der Waals surface area (Å²) in [6.07, 6.45) is 1.35. The monoisotopic (exact) mass is 309 g/mol. The van der Waals surface area contributed by atoms with Crippen LogP contribution in [0.25, 0.3) is 0 Å². The summed E-state index contributed by atoms with van der Waals surface area (Å²) in [6.45, 7) is 2.95. The molecule has 4 heteroatoms. The summed E-state index contributed by atoms with van der Waals surface area (Å²) in [4.78, 5) is 16.7. The zero-order valence-corrected chi connectivity index (χ0v) is 13.3. The fourth-order valence-corrected chi connectivity index (χ4v) is 3.11. The largest absolute Gasteiger partial charge is 0.365 e. The fourth-order valence-electron chi connectivity index (χ4n) is 3.11. The van der Waals surface area contributed by atoms with Gasteiger partial charge in [-0.25, -0.2) is 0 Å². The Balaban J connectivity index is 1.90. The third-order valence-electron chi connectivity index (χ3n) is 4.20. The van der Waals surface area contributed by atoms with Crippen LogP contribution < -0.4 is 15.5 Å². The molecule has 120 valence electrons. The standard InChI is InChI=1S/C19H23N3O/c20-12-11-19(23)22-14-6-13-21(15-16-7-2-1-3-8-16)17-9-4-5-10-18(17)22/h1-5,7-10H,6,11-15,20H2. The van der Waals surface area contributed by atoms with Crippen LogP contribution in [0.5, 0.6) is 0 Å². The number of hydrogen-bond acceptors (Lipinski definition) is 3. The van der Waals surface area contributed by atoms with Gasteiger partial charge in [0.15, 0.2) is 0 Å². The summed E-state index contributed by atoms with van der Waals surface area (Å²) in [6, 6.07) is 18.6. The molecule has 0 bridgehead atoms. The maximum Gasteiger partial charge on any atom is 0.228 e. The van der Waals surface area contributed by atoms with E-state index < -0.39 is 0 Å². The van der Waals surface area contributed by atoms with Crippen LogP contribution in [0.4, 0.5) is 11.4 Å². The number of hydrogen-bond donors (Lipinski definition) is 1. The van der Waals surface area contributed by atoms with E-state index in [0.717, 1.165) is 37.4 Å². The zero-order valence-electron chi connectivity index (χ0n) is 13.3. The highest BCUT2D eigenvalue weighted by atomic mass is 16.2. The van der Waals surface area contributed by atoms with Gasteiger partial charge in [0.05, 0.1) is 11.4 Å². The SMILES string of the molecule is NCCC(=O)N1CCCN(Cc2ccccc2)c2ccccc21. The highest BCUT2D eigenvalue weighted by Gasteiger charge is 2.23. The molecule has 1 amide bonds. The van der Waals surface area contributed by atoms with Crippen LogP contribution in [0, 0.1) is 0 Å². The Morgan fingerprint density at radius 3 is 2.39 bits per heavy atom. The number of nitrogens with zero attached hydrogens (tertiary/aromatic N) is 2. The summed E-state index contributed by atoms with van der Waals surface area (Å²) >= 11 is 0. The molecule has 0 spiro atoms. The number of nitrogens with two attached hydrogens (primary N) is 1. The van der Waals surface area contributed by atoms with Crippen molar-refractivity contribution in [2.24, 2.45) is 5.73 Å². The van der Waals surface area contributed by atoms with Crippen molar-refractivity contribution in [3.05, 3.63) is 60.2 Å². The summed E-state index contributed by atoms with van der Waals surface area (Å²) in [5.41, 5.74) is 8.97. The molecule has 0 radical (unpaired) electrons. The lowest BCUT2D eigenvalue weighted by molar-refractivity contribution is -0.118. The molecule has 0 aliphatic carbocycles. The van der Waals surface area contributed by atoms with Crippen LogP contribution >= 0.6 is 0 Å². The van der Waals surface area contributed by atoms with Crippen LogP contribution in [0.1, 0.15) is 18.4 Å². The molecule has 3 rings (SSSR count). The third-order valence-corrected chi connectivity index (χ3v) is 4.20. The first kappa shape index (κ1) is 15.6. The molecule has 1 heterocycles. The lowest BCUT2D eigenvalue weighted by Crippen LogP contribution is -2.32. The van der Waals surface area contributed by atoms with Gasteiger partial charge in [0.25, 0.3) is 0 Å². The van der Waals surface area contributed by atoms with Crippen molar-refractivity contribution < 1.29 is 4.79 Å². The minimum Gasteiger partial charge on any atom is -0.365 e. The smallest absolute Gasteiger partial charge is 0.228 e. The van der Waals surface area contributed by atoms with Crippen LogP contribution in [-0.4, -0.2) is 25.5 Å². The van der Waals surface area contributed by atoms with Crippen molar-refractivity contribution in [3.63, 3.8) is 0 Å². The molecule has 23 heavy (non-hydrogen) atoms. The van der Waals surface area contributed by atoms with Crippen molar-refractivity contribution in [1.82, 2.24) is 0 Å². The van der Waals surface area contributed by atoms with Gasteiger partial charge in [-0.1, -0.05) is 42.5 Å². The Bertz CT molecular complexity index is 657. The van der Waals surface area contributed by atoms with E-state index >= 15 is 0 Å². The van der Waals surface area contributed by atoms with E-state index in [9.17, 15) is 4.79 Å². The average Bonchev–Trinajstić information content (AvgIpc) is 2.76. The van der Waals surface area contributed by atoms with Crippen molar-refractivity contribution >= 4 is 17.3 Å². The van der Waals surface area contributed by atoms with E-state index in [2.05, 4.69) is 35.2 Å². The van der Waals surface area contributed by atoms with Crippen molar-refractivity contribution in [2.75, 3.05) is 29.4 Å². The van der Waals surface area contributed by atoms with Crippen molar-refractivity contribution in [2.45, 2.75) is 19.4 Å². The number of anilines is 2. The van der Waals surface area contributed by atoms with E-state index in [-0.39, 0.29) is 5.91 Å². The normalized spacial score (nSPS) is 14.3. The highest BCUT2D eigenvalue weighted by Crippen LogP contribution is 2.33. The molecule has 0 saturated carbocycles. The van der Waals surface area contributed by atoms with Gasteiger partial charge in [0.1, 0.15) is 0 Å². The maximum absolute atomic E-state index is 12.4. The molecular formula is C19H23N3O. The second-order valence-electron chi connectivity index (χ2n) is 5.83. The summed E-state index contributed by atoms with van der Waals surface area (Å²) in [7, 11) is 0. The Morgan fingerprint density at radius 2 is 1.65 bits per heavy atom. The first-order chi connectivity index (χ1) is 11.3. The van der Waals surface area contributed by atoms with Gasteiger partial charge in [-0.15, -0.1) is 0 Å². The van der Waals surface area contributed by atoms with Gasteiger partial charge in [-0.3, -0.25) is 4.79 Å². The molecule has 2 N–H and O–H groups in total. The van der Waals surface area contributed by atoms with E-state index in [4.69, 9.17) is 5.73 Å². The van der Waals surface area contributed by atoms with Crippen molar-refractivity contribution in [3.8, 4) is 0 Å². The molecule has 0 fully saturated rings. The van der Waals surface area contributed by atoms with Gasteiger partial charge in [-0.05, 0) is 24.1 Å². The zero-order chi connectivity index (χ0) is 16.1. The van der Waals surface area contributed by atoms with E-state index in [0.29, 0.717) is 13.0 Å². The molecule has 2 aromatic carbocycles. The molecule has 0 atom stereocenters. The average molecular weight is 309 g/mol. The van der Waals surface area contributed by atoms with E-state index in [1.165, 1.54) is 5.56 Å². The number of para-hydroxylation sites is 2. The van der Waals surface area contributed by atoms with Crippen LogP contribution in [0.2, 0.25) is 0 Å². The first-order valence-corrected chi connectivity index (χ1v) is 8.18. The Kier molecular flexibility index (Phi) is 4.93. The van der Waals surface area contributed by atoms with E-state index in [1.807, 2.05) is 29.2 Å². The number of amides is 1. The first-order valence-electron chi connectivity index (χ1n) is 8.18. The number of fused-ring (bicyclic) bond motifs is 1. The molecule has 0 saturated heterocycles. The van der Waals surface area contributed by atoms with Crippen LogP contribution in [0.15, 0.2) is 54.6 Å². The lowest BCUT2D eigenvalue weighted by atomic mass is 10.1. The third kappa shape index (κ3) is 3.54. The van der Waals surface area contributed by atoms with E-state index in [1.54, 1.807) is 0 Å². The highest BCUT2D eigenvalue weighted by molar-refractivity contribution is 5.97. The number of rotatable bonds is 4. The summed E-state index contributed by atoms with van der Waals surface area (Å²) in [5, 5.41) is 0. The van der Waals surface area contributed by atoms with Gasteiger partial charge in [0.2, 0.25) is 5.91 Å². The number of benzene rings is 2. The predicted octanol–water partition coefficient (Wildman–Crippen LogP) is 2.78. The van der Waals surface area contributed by atoms with Gasteiger partial charge in [0, 0.05) is 32.6 Å². The molecule has 1 aliphatic rings. The predicted molar refractivity (Wildman–Crippen MR) is 94.6 cm³/mol. The number of carbonyl (C=O) groups is 1. The van der Waals surface area contributed by atoms with Gasteiger partial charge >= 0.3 is 0 Å². The second kappa shape index (κ2) is 7.29. The molecule has 0 unspecified atom stereocenters. The second-order valence-corrected chi connectivity index (χ2v) is 5.83. The molecule has 2 aromatic rings. The molecule has 1 aliphatic heterocycles. The van der Waals surface area contributed by atoms with Gasteiger partial charge < -0.3 is 15.5 Å². The maximum atomic E-state index is 12.4. The Morgan fingerprint density at radius 1 is 0.957 bits per heavy atom. The van der Waals surface area contributed by atoms with Crippen LogP contribution in [0.3, 0.4) is 0 Å². The Hall–Kier alpha value is -2.33. The Labute approximate surface area is 137 Å². The molecule has 0 aromatic heterocycles. The quantitative estimate of drug-likeness (QED) is 0.945. The van der Waals surface area contributed by atoms with Crippen molar-refractivity contribution in [1.29, 1.82) is 0 Å². The minimum atomic E-state index is 0.113. The minimum absolute atomic E-state index is 0.113.